The van der Waals surface area contributed by atoms with Gasteiger partial charge < -0.3 is 9.84 Å². The SMILES string of the molecule is CS(=O)(=O)OCC1(CN(Cc2ccccc2)C[C@H](O)COCc2ccccc2)CC1. The summed E-state index contributed by atoms with van der Waals surface area (Å²) in [5, 5.41) is 10.6. The summed E-state index contributed by atoms with van der Waals surface area (Å²) in [7, 11) is -3.46. The first-order chi connectivity index (χ1) is 14.3. The number of hydrogen-bond acceptors (Lipinski definition) is 6. The molecule has 0 heterocycles. The van der Waals surface area contributed by atoms with Gasteiger partial charge in [0, 0.05) is 25.0 Å². The first-order valence-corrected chi connectivity index (χ1v) is 12.1. The molecule has 0 saturated heterocycles. The van der Waals surface area contributed by atoms with E-state index in [2.05, 4.69) is 17.0 Å². The Labute approximate surface area is 179 Å². The van der Waals surface area contributed by atoms with E-state index in [0.717, 1.165) is 30.2 Å². The second kappa shape index (κ2) is 10.5. The molecule has 30 heavy (non-hydrogen) atoms. The molecule has 1 N–H and O–H groups in total. The van der Waals surface area contributed by atoms with Crippen molar-refractivity contribution in [3.63, 3.8) is 0 Å². The number of hydrogen-bond donors (Lipinski definition) is 1. The highest BCUT2D eigenvalue weighted by molar-refractivity contribution is 7.85. The Balaban J connectivity index is 1.55. The summed E-state index contributed by atoms with van der Waals surface area (Å²) in [4.78, 5) is 2.17. The molecule has 6 nitrogen and oxygen atoms in total. The first-order valence-electron chi connectivity index (χ1n) is 10.2. The molecule has 0 radical (unpaired) electrons. The second-order valence-corrected chi connectivity index (χ2v) is 9.92. The van der Waals surface area contributed by atoms with Crippen LogP contribution in [-0.4, -0.2) is 57.1 Å². The highest BCUT2D eigenvalue weighted by Gasteiger charge is 2.45. The van der Waals surface area contributed by atoms with E-state index in [-0.39, 0.29) is 18.6 Å². The fourth-order valence-electron chi connectivity index (χ4n) is 3.50. The fraction of sp³-hybridized carbons (Fsp3) is 0.478. The van der Waals surface area contributed by atoms with Crippen LogP contribution in [0.4, 0.5) is 0 Å². The minimum Gasteiger partial charge on any atom is -0.389 e. The van der Waals surface area contributed by atoms with E-state index in [4.69, 9.17) is 8.92 Å². The van der Waals surface area contributed by atoms with Gasteiger partial charge in [-0.25, -0.2) is 0 Å². The third-order valence-corrected chi connectivity index (χ3v) is 5.78. The number of nitrogens with zero attached hydrogens (tertiary/aromatic N) is 1. The van der Waals surface area contributed by atoms with Gasteiger partial charge in [0.15, 0.2) is 0 Å². The highest BCUT2D eigenvalue weighted by atomic mass is 32.2. The minimum absolute atomic E-state index is 0.164. The molecule has 0 aromatic heterocycles. The molecule has 0 unspecified atom stereocenters. The average molecular weight is 434 g/mol. The van der Waals surface area contributed by atoms with Crippen LogP contribution in [0.3, 0.4) is 0 Å². The van der Waals surface area contributed by atoms with Crippen molar-refractivity contribution >= 4 is 10.1 Å². The molecule has 1 aliphatic carbocycles. The maximum Gasteiger partial charge on any atom is 0.264 e. The monoisotopic (exact) mass is 433 g/mol. The van der Waals surface area contributed by atoms with Crippen molar-refractivity contribution < 1.29 is 22.4 Å². The van der Waals surface area contributed by atoms with Crippen LogP contribution in [0.25, 0.3) is 0 Å². The molecule has 164 valence electrons. The molecule has 0 amide bonds. The largest absolute Gasteiger partial charge is 0.389 e. The van der Waals surface area contributed by atoms with Gasteiger partial charge in [0.05, 0.1) is 32.2 Å². The Morgan fingerprint density at radius 2 is 1.63 bits per heavy atom. The van der Waals surface area contributed by atoms with Crippen molar-refractivity contribution in [3.8, 4) is 0 Å². The number of ether oxygens (including phenoxy) is 1. The Bertz CT molecular complexity index is 869. The average Bonchev–Trinajstić information content (AvgIpc) is 3.47. The molecule has 1 saturated carbocycles. The van der Waals surface area contributed by atoms with Crippen LogP contribution in [0.1, 0.15) is 24.0 Å². The van der Waals surface area contributed by atoms with Crippen molar-refractivity contribution in [2.75, 3.05) is 32.6 Å². The summed E-state index contributed by atoms with van der Waals surface area (Å²) in [6.45, 7) is 2.70. The quantitative estimate of drug-likeness (QED) is 0.490. The molecule has 2 aromatic rings. The predicted octanol–water partition coefficient (Wildman–Crippen LogP) is 2.82. The van der Waals surface area contributed by atoms with Gasteiger partial charge in [-0.15, -0.1) is 0 Å². The Morgan fingerprint density at radius 1 is 1.03 bits per heavy atom. The molecule has 3 rings (SSSR count). The van der Waals surface area contributed by atoms with Crippen LogP contribution in [-0.2, 0) is 32.2 Å². The van der Waals surface area contributed by atoms with Gasteiger partial charge >= 0.3 is 0 Å². The van der Waals surface area contributed by atoms with E-state index in [1.165, 1.54) is 0 Å². The zero-order valence-electron chi connectivity index (χ0n) is 17.4. The summed E-state index contributed by atoms with van der Waals surface area (Å²) >= 11 is 0. The highest BCUT2D eigenvalue weighted by Crippen LogP contribution is 2.47. The minimum atomic E-state index is -3.46. The fourth-order valence-corrected chi connectivity index (χ4v) is 3.96. The van der Waals surface area contributed by atoms with Gasteiger partial charge in [0.2, 0.25) is 0 Å². The van der Waals surface area contributed by atoms with Crippen LogP contribution in [0.5, 0.6) is 0 Å². The lowest BCUT2D eigenvalue weighted by atomic mass is 10.1. The van der Waals surface area contributed by atoms with Gasteiger partial charge in [0.25, 0.3) is 10.1 Å². The molecular formula is C23H31NO5S. The lowest BCUT2D eigenvalue weighted by Crippen LogP contribution is -2.39. The standard InChI is InChI=1S/C23H31NO5S/c1-30(26,27)29-19-23(12-13-23)18-24(14-20-8-4-2-5-9-20)15-22(25)17-28-16-21-10-6-3-7-11-21/h2-11,22,25H,12-19H2,1H3/t22-/m0/s1. The number of rotatable bonds is 13. The number of benzene rings is 2. The van der Waals surface area contributed by atoms with Crippen molar-refractivity contribution in [2.24, 2.45) is 5.41 Å². The van der Waals surface area contributed by atoms with Crippen LogP contribution in [0, 0.1) is 5.41 Å². The Hall–Kier alpha value is -1.77. The van der Waals surface area contributed by atoms with Crippen molar-refractivity contribution in [1.82, 2.24) is 4.90 Å². The molecule has 1 fully saturated rings. The van der Waals surface area contributed by atoms with Crippen LogP contribution < -0.4 is 0 Å². The first kappa shape index (κ1) is 22.9. The maximum absolute atomic E-state index is 11.4. The summed E-state index contributed by atoms with van der Waals surface area (Å²) < 4.78 is 33.6. The maximum atomic E-state index is 11.4. The lowest BCUT2D eigenvalue weighted by Gasteiger charge is -2.29. The van der Waals surface area contributed by atoms with Gasteiger partial charge in [0.1, 0.15) is 0 Å². The van der Waals surface area contributed by atoms with Crippen LogP contribution in [0.2, 0.25) is 0 Å². The predicted molar refractivity (Wildman–Crippen MR) is 116 cm³/mol. The van der Waals surface area contributed by atoms with E-state index in [0.29, 0.717) is 26.2 Å². The number of aliphatic hydroxyl groups excluding tert-OH is 1. The Kier molecular flexibility index (Phi) is 8.02. The third kappa shape index (κ3) is 8.16. The van der Waals surface area contributed by atoms with Crippen LogP contribution >= 0.6 is 0 Å². The van der Waals surface area contributed by atoms with E-state index >= 15 is 0 Å². The second-order valence-electron chi connectivity index (χ2n) is 8.28. The summed E-state index contributed by atoms with van der Waals surface area (Å²) in [6, 6.07) is 19.9. The molecular weight excluding hydrogens is 402 g/mol. The van der Waals surface area contributed by atoms with Gasteiger partial charge in [-0.1, -0.05) is 60.7 Å². The molecule has 2 aromatic carbocycles. The molecule has 1 atom stereocenters. The summed E-state index contributed by atoms with van der Waals surface area (Å²) in [5.74, 6) is 0. The normalized spacial score (nSPS) is 16.5. The summed E-state index contributed by atoms with van der Waals surface area (Å²) in [5.41, 5.74) is 2.05. The van der Waals surface area contributed by atoms with Crippen molar-refractivity contribution in [1.29, 1.82) is 0 Å². The zero-order valence-corrected chi connectivity index (χ0v) is 18.3. The lowest BCUT2D eigenvalue weighted by molar-refractivity contribution is 0.00363. The molecule has 1 aliphatic rings. The van der Waals surface area contributed by atoms with E-state index in [9.17, 15) is 13.5 Å². The molecule has 0 aliphatic heterocycles. The third-order valence-electron chi connectivity index (χ3n) is 5.24. The van der Waals surface area contributed by atoms with Gasteiger partial charge in [-0.3, -0.25) is 9.08 Å². The van der Waals surface area contributed by atoms with Crippen molar-refractivity contribution in [2.45, 2.75) is 32.1 Å². The van der Waals surface area contributed by atoms with Gasteiger partial charge in [-0.2, -0.15) is 8.42 Å². The molecule has 0 spiro atoms. The van der Waals surface area contributed by atoms with Crippen molar-refractivity contribution in [3.05, 3.63) is 71.8 Å². The van der Waals surface area contributed by atoms with E-state index < -0.39 is 16.2 Å². The summed E-state index contributed by atoms with van der Waals surface area (Å²) in [6.07, 6.45) is 2.30. The van der Waals surface area contributed by atoms with Gasteiger partial charge in [-0.05, 0) is 24.0 Å². The topological polar surface area (TPSA) is 76.1 Å². The van der Waals surface area contributed by atoms with Crippen LogP contribution in [0.15, 0.2) is 60.7 Å². The number of aliphatic hydroxyl groups is 1. The molecule has 7 heteroatoms. The smallest absolute Gasteiger partial charge is 0.264 e. The van der Waals surface area contributed by atoms with E-state index in [1.807, 2.05) is 48.5 Å². The zero-order chi connectivity index (χ0) is 21.5. The molecule has 0 bridgehead atoms. The van der Waals surface area contributed by atoms with E-state index in [1.54, 1.807) is 0 Å². The Morgan fingerprint density at radius 3 is 2.20 bits per heavy atom.